The Morgan fingerprint density at radius 2 is 1.77 bits per heavy atom. The van der Waals surface area contributed by atoms with E-state index in [-0.39, 0.29) is 6.09 Å². The van der Waals surface area contributed by atoms with Crippen molar-refractivity contribution in [2.45, 2.75) is 44.9 Å². The van der Waals surface area contributed by atoms with Crippen LogP contribution in [0.5, 0.6) is 0 Å². The molecule has 1 heterocycles. The van der Waals surface area contributed by atoms with E-state index in [1.807, 2.05) is 20.8 Å². The van der Waals surface area contributed by atoms with Crippen LogP contribution in [0.15, 0.2) is 0 Å². The van der Waals surface area contributed by atoms with E-state index in [4.69, 9.17) is 15.6 Å². The third-order valence-corrected chi connectivity index (χ3v) is 3.46. The maximum atomic E-state index is 11.9. The molecule has 0 aromatic rings. The van der Waals surface area contributed by atoms with Crippen molar-refractivity contribution in [1.29, 1.82) is 0 Å². The zero-order chi connectivity index (χ0) is 16.9. The molecule has 1 fully saturated rings. The predicted molar refractivity (Wildman–Crippen MR) is 80.5 cm³/mol. The number of carboxylic acid groups (broad SMARTS) is 1. The number of aliphatic hydroxyl groups is 1. The van der Waals surface area contributed by atoms with E-state index in [1.54, 1.807) is 4.90 Å². The van der Waals surface area contributed by atoms with Gasteiger partial charge in [0.05, 0.1) is 6.10 Å². The minimum Gasteiger partial charge on any atom is -0.480 e. The standard InChI is InChI=1S/C14H27N3O5/c1-14(2,3)22-13(21)17-8-6-16(7-9-17)5-4-10(18)11(15)12(19)20/h10-11,18H,4-9,15H2,1-3H3,(H,19,20). The minimum atomic E-state index is -1.26. The Bertz CT molecular complexity index is 388. The molecule has 4 N–H and O–H groups in total. The van der Waals surface area contributed by atoms with Crippen molar-refractivity contribution in [2.75, 3.05) is 32.7 Å². The Morgan fingerprint density at radius 3 is 2.23 bits per heavy atom. The highest BCUT2D eigenvalue weighted by atomic mass is 16.6. The number of aliphatic hydroxyl groups excluding tert-OH is 1. The predicted octanol–water partition coefficient (Wildman–Crippen LogP) is -0.298. The summed E-state index contributed by atoms with van der Waals surface area (Å²) in [5, 5.41) is 18.4. The number of hydrogen-bond acceptors (Lipinski definition) is 6. The van der Waals surface area contributed by atoms with Gasteiger partial charge in [-0.2, -0.15) is 0 Å². The van der Waals surface area contributed by atoms with Crippen molar-refractivity contribution < 1.29 is 24.5 Å². The lowest BCUT2D eigenvalue weighted by Gasteiger charge is -2.36. The van der Waals surface area contributed by atoms with E-state index in [0.717, 1.165) is 0 Å². The summed E-state index contributed by atoms with van der Waals surface area (Å²) in [5.74, 6) is -1.21. The van der Waals surface area contributed by atoms with Gasteiger partial charge in [-0.1, -0.05) is 0 Å². The number of carbonyl (C=O) groups excluding carboxylic acids is 1. The van der Waals surface area contributed by atoms with E-state index in [1.165, 1.54) is 0 Å². The zero-order valence-electron chi connectivity index (χ0n) is 13.5. The Labute approximate surface area is 130 Å². The molecule has 0 radical (unpaired) electrons. The summed E-state index contributed by atoms with van der Waals surface area (Å²) in [6, 6.07) is -1.26. The third kappa shape index (κ3) is 6.17. The number of rotatable bonds is 5. The van der Waals surface area contributed by atoms with E-state index < -0.39 is 23.7 Å². The fraction of sp³-hybridized carbons (Fsp3) is 0.857. The second-order valence-corrected chi connectivity index (χ2v) is 6.53. The van der Waals surface area contributed by atoms with Gasteiger partial charge in [0.2, 0.25) is 0 Å². The number of carboxylic acids is 1. The first kappa shape index (κ1) is 18.7. The Kier molecular flexibility index (Phi) is 6.58. The third-order valence-electron chi connectivity index (χ3n) is 3.46. The Hall–Kier alpha value is -1.38. The number of ether oxygens (including phenoxy) is 1. The summed E-state index contributed by atoms with van der Waals surface area (Å²) in [4.78, 5) is 26.3. The van der Waals surface area contributed by atoms with Crippen LogP contribution in [0.4, 0.5) is 4.79 Å². The molecule has 0 aromatic heterocycles. The highest BCUT2D eigenvalue weighted by Crippen LogP contribution is 2.12. The first-order chi connectivity index (χ1) is 10.1. The van der Waals surface area contributed by atoms with Crippen LogP contribution in [0.1, 0.15) is 27.2 Å². The monoisotopic (exact) mass is 317 g/mol. The van der Waals surface area contributed by atoms with Crippen molar-refractivity contribution in [3.8, 4) is 0 Å². The second kappa shape index (κ2) is 7.75. The van der Waals surface area contributed by atoms with Crippen molar-refractivity contribution in [3.63, 3.8) is 0 Å². The number of carbonyl (C=O) groups is 2. The number of nitrogens with two attached hydrogens (primary N) is 1. The lowest BCUT2D eigenvalue weighted by molar-refractivity contribution is -0.141. The lowest BCUT2D eigenvalue weighted by Crippen LogP contribution is -2.51. The number of amides is 1. The normalized spacial score (nSPS) is 19.6. The lowest BCUT2D eigenvalue weighted by atomic mass is 10.1. The molecule has 0 spiro atoms. The molecule has 1 saturated heterocycles. The zero-order valence-corrected chi connectivity index (χ0v) is 13.5. The number of hydrogen-bond donors (Lipinski definition) is 3. The van der Waals surface area contributed by atoms with Gasteiger partial charge in [-0.05, 0) is 27.2 Å². The van der Waals surface area contributed by atoms with Gasteiger partial charge < -0.3 is 25.6 Å². The topological polar surface area (TPSA) is 116 Å². The number of nitrogens with zero attached hydrogens (tertiary/aromatic N) is 2. The highest BCUT2D eigenvalue weighted by Gasteiger charge is 2.27. The van der Waals surface area contributed by atoms with E-state index >= 15 is 0 Å². The van der Waals surface area contributed by atoms with Crippen LogP contribution < -0.4 is 5.73 Å². The van der Waals surface area contributed by atoms with Crippen molar-refractivity contribution in [2.24, 2.45) is 5.73 Å². The fourth-order valence-electron chi connectivity index (χ4n) is 2.14. The molecule has 0 saturated carbocycles. The molecule has 0 aromatic carbocycles. The van der Waals surface area contributed by atoms with Crippen molar-refractivity contribution >= 4 is 12.1 Å². The van der Waals surface area contributed by atoms with E-state index in [2.05, 4.69) is 4.90 Å². The van der Waals surface area contributed by atoms with Crippen LogP contribution in [0, 0.1) is 0 Å². The van der Waals surface area contributed by atoms with Crippen LogP contribution in [0.3, 0.4) is 0 Å². The fourth-order valence-corrected chi connectivity index (χ4v) is 2.14. The summed E-state index contributed by atoms with van der Waals surface area (Å²) >= 11 is 0. The van der Waals surface area contributed by atoms with Crippen molar-refractivity contribution in [1.82, 2.24) is 9.80 Å². The Balaban J connectivity index is 2.31. The molecule has 22 heavy (non-hydrogen) atoms. The maximum absolute atomic E-state index is 11.9. The molecule has 1 aliphatic heterocycles. The van der Waals surface area contributed by atoms with Gasteiger partial charge in [-0.15, -0.1) is 0 Å². The maximum Gasteiger partial charge on any atom is 0.410 e. The minimum absolute atomic E-state index is 0.292. The molecule has 2 atom stereocenters. The van der Waals surface area contributed by atoms with Crippen LogP contribution >= 0.6 is 0 Å². The SMILES string of the molecule is CC(C)(C)OC(=O)N1CCN(CCC(O)C(N)C(=O)O)CC1. The molecule has 1 amide bonds. The number of aliphatic carboxylic acids is 1. The van der Waals surface area contributed by atoms with Gasteiger partial charge in [-0.25, -0.2) is 4.79 Å². The molecular weight excluding hydrogens is 290 g/mol. The van der Waals surface area contributed by atoms with Crippen molar-refractivity contribution in [3.05, 3.63) is 0 Å². The summed E-state index contributed by atoms with van der Waals surface area (Å²) in [5.41, 5.74) is 4.85. The summed E-state index contributed by atoms with van der Waals surface area (Å²) in [6.45, 7) is 8.45. The molecule has 2 unspecified atom stereocenters. The summed E-state index contributed by atoms with van der Waals surface area (Å²) in [7, 11) is 0. The molecule has 1 aliphatic rings. The van der Waals surface area contributed by atoms with Crippen LogP contribution in [0.2, 0.25) is 0 Å². The molecule has 0 bridgehead atoms. The largest absolute Gasteiger partial charge is 0.480 e. The van der Waals surface area contributed by atoms with E-state index in [0.29, 0.717) is 39.1 Å². The van der Waals surface area contributed by atoms with Gasteiger partial charge in [0.1, 0.15) is 11.6 Å². The van der Waals surface area contributed by atoms with Gasteiger partial charge in [-0.3, -0.25) is 9.69 Å². The average molecular weight is 317 g/mol. The molecule has 1 rings (SSSR count). The quantitative estimate of drug-likeness (QED) is 0.637. The van der Waals surface area contributed by atoms with Crippen LogP contribution in [-0.2, 0) is 9.53 Å². The second-order valence-electron chi connectivity index (χ2n) is 6.53. The summed E-state index contributed by atoms with van der Waals surface area (Å²) in [6.07, 6.45) is -1.10. The smallest absolute Gasteiger partial charge is 0.410 e. The summed E-state index contributed by atoms with van der Waals surface area (Å²) < 4.78 is 5.32. The molecule has 8 heteroatoms. The average Bonchev–Trinajstić information content (AvgIpc) is 2.42. The van der Waals surface area contributed by atoms with Gasteiger partial charge in [0, 0.05) is 32.7 Å². The molecular formula is C14H27N3O5. The molecule has 8 nitrogen and oxygen atoms in total. The number of piperazine rings is 1. The Morgan fingerprint density at radius 1 is 1.23 bits per heavy atom. The molecule has 128 valence electrons. The molecule has 0 aliphatic carbocycles. The first-order valence-corrected chi connectivity index (χ1v) is 7.47. The van der Waals surface area contributed by atoms with Gasteiger partial charge in [0.25, 0.3) is 0 Å². The van der Waals surface area contributed by atoms with Crippen LogP contribution in [0.25, 0.3) is 0 Å². The van der Waals surface area contributed by atoms with Gasteiger partial charge in [0.15, 0.2) is 0 Å². The van der Waals surface area contributed by atoms with Gasteiger partial charge >= 0.3 is 12.1 Å². The van der Waals surface area contributed by atoms with E-state index in [9.17, 15) is 14.7 Å². The highest BCUT2D eigenvalue weighted by molar-refractivity contribution is 5.73. The first-order valence-electron chi connectivity index (χ1n) is 7.47. The van der Waals surface area contributed by atoms with Crippen LogP contribution in [-0.4, -0.2) is 82.5 Å².